The highest BCUT2D eigenvalue weighted by atomic mass is 16.5. The molecule has 0 radical (unpaired) electrons. The Morgan fingerprint density at radius 1 is 1.30 bits per heavy atom. The molecule has 23 heavy (non-hydrogen) atoms. The third kappa shape index (κ3) is 3.39. The Morgan fingerprint density at radius 2 is 2.04 bits per heavy atom. The van der Waals surface area contributed by atoms with Crippen molar-refractivity contribution in [3.05, 3.63) is 35.9 Å². The van der Waals surface area contributed by atoms with E-state index in [0.29, 0.717) is 19.2 Å². The topological polar surface area (TPSA) is 58.6 Å². The van der Waals surface area contributed by atoms with E-state index < -0.39 is 0 Å². The van der Waals surface area contributed by atoms with Crippen molar-refractivity contribution < 1.29 is 14.3 Å². The Balaban J connectivity index is 1.81. The molecule has 2 amide bonds. The molecule has 2 fully saturated rings. The van der Waals surface area contributed by atoms with Crippen LogP contribution in [0.4, 0.5) is 0 Å². The minimum atomic E-state index is -0.317. The van der Waals surface area contributed by atoms with Crippen molar-refractivity contribution >= 4 is 11.8 Å². The summed E-state index contributed by atoms with van der Waals surface area (Å²) in [4.78, 5) is 26.9. The molecule has 1 saturated carbocycles. The number of amides is 2. The number of ether oxygens (including phenoxy) is 1. The molecule has 5 heteroatoms. The van der Waals surface area contributed by atoms with Gasteiger partial charge in [-0.2, -0.15) is 0 Å². The monoisotopic (exact) mass is 316 g/mol. The number of carbonyl (C=O) groups excluding carboxylic acids is 2. The van der Waals surface area contributed by atoms with E-state index in [1.54, 1.807) is 12.0 Å². The Hall–Kier alpha value is -1.88. The second-order valence-corrected chi connectivity index (χ2v) is 6.38. The van der Waals surface area contributed by atoms with Crippen molar-refractivity contribution in [2.75, 3.05) is 20.3 Å². The van der Waals surface area contributed by atoms with Gasteiger partial charge >= 0.3 is 0 Å². The fourth-order valence-electron chi connectivity index (χ4n) is 3.40. The molecule has 0 bridgehead atoms. The van der Waals surface area contributed by atoms with Crippen molar-refractivity contribution in [1.29, 1.82) is 0 Å². The maximum absolute atomic E-state index is 12.7. The second-order valence-electron chi connectivity index (χ2n) is 6.38. The molecule has 1 aromatic rings. The molecule has 0 spiro atoms. The lowest BCUT2D eigenvalue weighted by molar-refractivity contribution is -0.130. The Bertz CT molecular complexity index is 557. The molecule has 1 aromatic carbocycles. The van der Waals surface area contributed by atoms with Gasteiger partial charge in [0, 0.05) is 26.1 Å². The quantitative estimate of drug-likeness (QED) is 0.872. The molecule has 5 nitrogen and oxygen atoms in total. The maximum Gasteiger partial charge on any atom is 0.226 e. The second kappa shape index (κ2) is 7.13. The van der Waals surface area contributed by atoms with Crippen molar-refractivity contribution in [3.63, 3.8) is 0 Å². The Kier molecular flexibility index (Phi) is 4.96. The summed E-state index contributed by atoms with van der Waals surface area (Å²) < 4.78 is 5.13. The summed E-state index contributed by atoms with van der Waals surface area (Å²) in [7, 11) is 1.62. The molecule has 0 aromatic heterocycles. The first kappa shape index (κ1) is 16.0. The maximum atomic E-state index is 12.7. The molecule has 1 saturated heterocycles. The Morgan fingerprint density at radius 3 is 2.65 bits per heavy atom. The fourth-order valence-corrected chi connectivity index (χ4v) is 3.40. The number of likely N-dealkylation sites (tertiary alicyclic amines) is 1. The number of rotatable bonds is 6. The average Bonchev–Trinajstić information content (AvgIpc) is 2.86. The number of hydrogen-bond donors (Lipinski definition) is 1. The number of carbonyl (C=O) groups is 2. The normalized spacial score (nSPS) is 24.6. The van der Waals surface area contributed by atoms with Crippen LogP contribution >= 0.6 is 0 Å². The molecular formula is C18H24N2O3. The first-order valence-corrected chi connectivity index (χ1v) is 8.34. The summed E-state index contributed by atoms with van der Waals surface area (Å²) >= 11 is 0. The van der Waals surface area contributed by atoms with Crippen LogP contribution in [0.3, 0.4) is 0 Å². The smallest absolute Gasteiger partial charge is 0.226 e. The first-order valence-electron chi connectivity index (χ1n) is 8.34. The van der Waals surface area contributed by atoms with E-state index in [2.05, 4.69) is 5.32 Å². The lowest BCUT2D eigenvalue weighted by Gasteiger charge is -2.31. The predicted molar refractivity (Wildman–Crippen MR) is 86.7 cm³/mol. The van der Waals surface area contributed by atoms with E-state index in [1.165, 1.54) is 6.42 Å². The van der Waals surface area contributed by atoms with E-state index in [9.17, 15) is 9.59 Å². The first-order chi connectivity index (χ1) is 11.2. The van der Waals surface area contributed by atoms with E-state index in [4.69, 9.17) is 4.74 Å². The van der Waals surface area contributed by atoms with Gasteiger partial charge < -0.3 is 15.0 Å². The van der Waals surface area contributed by atoms with Gasteiger partial charge in [0.2, 0.25) is 11.8 Å². The number of benzene rings is 1. The molecule has 1 aliphatic heterocycles. The SMILES string of the molecule is COCCN1C(=O)C[C@@H](C(=O)NC2CCC2)[C@@H]1c1ccccc1. The van der Waals surface area contributed by atoms with Crippen LogP contribution in [0.2, 0.25) is 0 Å². The molecule has 1 aliphatic carbocycles. The van der Waals surface area contributed by atoms with E-state index >= 15 is 0 Å². The minimum absolute atomic E-state index is 0.0109. The van der Waals surface area contributed by atoms with Crippen LogP contribution in [0.1, 0.15) is 37.3 Å². The van der Waals surface area contributed by atoms with E-state index in [1.807, 2.05) is 30.3 Å². The molecule has 1 heterocycles. The van der Waals surface area contributed by atoms with Gasteiger partial charge in [0.05, 0.1) is 18.6 Å². The number of methoxy groups -OCH3 is 1. The van der Waals surface area contributed by atoms with Crippen molar-refractivity contribution in [2.45, 2.75) is 37.8 Å². The average molecular weight is 316 g/mol. The van der Waals surface area contributed by atoms with Crippen LogP contribution in [0.15, 0.2) is 30.3 Å². The molecule has 2 aliphatic rings. The lowest BCUT2D eigenvalue weighted by Crippen LogP contribution is -2.44. The summed E-state index contributed by atoms with van der Waals surface area (Å²) in [6.07, 6.45) is 3.56. The van der Waals surface area contributed by atoms with Crippen LogP contribution in [0.25, 0.3) is 0 Å². The fraction of sp³-hybridized carbons (Fsp3) is 0.556. The zero-order chi connectivity index (χ0) is 16.2. The summed E-state index contributed by atoms with van der Waals surface area (Å²) in [5.41, 5.74) is 1.02. The van der Waals surface area contributed by atoms with Gasteiger partial charge in [0.1, 0.15) is 0 Å². The van der Waals surface area contributed by atoms with Crippen molar-refractivity contribution in [3.8, 4) is 0 Å². The summed E-state index contributed by atoms with van der Waals surface area (Å²) in [6, 6.07) is 9.94. The lowest BCUT2D eigenvalue weighted by atomic mass is 9.89. The highest BCUT2D eigenvalue weighted by molar-refractivity contribution is 5.90. The molecule has 3 rings (SSSR count). The Labute approximate surface area is 137 Å². The van der Waals surface area contributed by atoms with Gasteiger partial charge in [-0.25, -0.2) is 0 Å². The van der Waals surface area contributed by atoms with Crippen LogP contribution < -0.4 is 5.32 Å². The van der Waals surface area contributed by atoms with Gasteiger partial charge in [-0.1, -0.05) is 30.3 Å². The molecule has 124 valence electrons. The van der Waals surface area contributed by atoms with Gasteiger partial charge in [0.15, 0.2) is 0 Å². The standard InChI is InChI=1S/C18H24N2O3/c1-23-11-10-20-16(21)12-15(18(22)19-14-8-5-9-14)17(20)13-6-3-2-4-7-13/h2-4,6-7,14-15,17H,5,8-12H2,1H3,(H,19,22)/t15-,17+/m1/s1. The van der Waals surface area contributed by atoms with Gasteiger partial charge in [-0.05, 0) is 24.8 Å². The minimum Gasteiger partial charge on any atom is -0.383 e. The van der Waals surface area contributed by atoms with Crippen LogP contribution in [-0.2, 0) is 14.3 Å². The van der Waals surface area contributed by atoms with E-state index in [0.717, 1.165) is 18.4 Å². The zero-order valence-electron chi connectivity index (χ0n) is 13.5. The molecule has 2 atom stereocenters. The third-order valence-electron chi connectivity index (χ3n) is 4.90. The van der Waals surface area contributed by atoms with Gasteiger partial charge in [-0.3, -0.25) is 9.59 Å². The number of nitrogens with zero attached hydrogens (tertiary/aromatic N) is 1. The summed E-state index contributed by atoms with van der Waals surface area (Å²) in [6.45, 7) is 0.994. The molecule has 1 N–H and O–H groups in total. The van der Waals surface area contributed by atoms with Crippen LogP contribution in [-0.4, -0.2) is 43.0 Å². The van der Waals surface area contributed by atoms with Crippen LogP contribution in [0.5, 0.6) is 0 Å². The molecular weight excluding hydrogens is 292 g/mol. The van der Waals surface area contributed by atoms with Crippen molar-refractivity contribution in [1.82, 2.24) is 10.2 Å². The third-order valence-corrected chi connectivity index (χ3v) is 4.90. The zero-order valence-corrected chi connectivity index (χ0v) is 13.5. The number of hydrogen-bond acceptors (Lipinski definition) is 3. The summed E-state index contributed by atoms with van der Waals surface area (Å²) in [5.74, 6) is -0.274. The van der Waals surface area contributed by atoms with Gasteiger partial charge in [0.25, 0.3) is 0 Å². The van der Waals surface area contributed by atoms with Crippen LogP contribution in [0, 0.1) is 5.92 Å². The highest BCUT2D eigenvalue weighted by Gasteiger charge is 2.44. The summed E-state index contributed by atoms with van der Waals surface area (Å²) in [5, 5.41) is 3.11. The largest absolute Gasteiger partial charge is 0.383 e. The predicted octanol–water partition coefficient (Wildman–Crippen LogP) is 1.89. The van der Waals surface area contributed by atoms with Gasteiger partial charge in [-0.15, -0.1) is 0 Å². The van der Waals surface area contributed by atoms with Crippen molar-refractivity contribution in [2.24, 2.45) is 5.92 Å². The number of nitrogens with one attached hydrogen (secondary N) is 1. The highest BCUT2D eigenvalue weighted by Crippen LogP contribution is 2.38. The van der Waals surface area contributed by atoms with E-state index in [-0.39, 0.29) is 30.2 Å². The molecule has 0 unspecified atom stereocenters.